The van der Waals surface area contributed by atoms with Gasteiger partial charge >= 0.3 is 0 Å². The second kappa shape index (κ2) is 15.9. The summed E-state index contributed by atoms with van der Waals surface area (Å²) in [6.07, 6.45) is 11.5. The molecule has 1 saturated heterocycles. The molecule has 1 aromatic carbocycles. The quantitative estimate of drug-likeness (QED) is 0.218. The van der Waals surface area contributed by atoms with Crippen LogP contribution in [0.4, 0.5) is 0 Å². The van der Waals surface area contributed by atoms with Gasteiger partial charge in [-0.25, -0.2) is 4.98 Å². The number of carbonyl (C=O) groups excluding carboxylic acids is 3. The number of nitrogens with one attached hydrogen (secondary N) is 1. The molecule has 0 unspecified atom stereocenters. The number of amides is 1. The zero-order valence-corrected chi connectivity index (χ0v) is 26.9. The largest absolute Gasteiger partial charge is 0.353 e. The SMILES string of the molecule is C=C(CN1CCCCC1)C(=O)CC[C@@H](NC(=O)[C@@H](CC(=O)CC)Cc1nc2ccc(C(C)C)cc2s1)C1CCCCC1. The number of benzene rings is 1. The van der Waals surface area contributed by atoms with E-state index in [1.54, 1.807) is 11.3 Å². The summed E-state index contributed by atoms with van der Waals surface area (Å²) in [7, 11) is 0. The topological polar surface area (TPSA) is 79.4 Å². The van der Waals surface area contributed by atoms with Crippen LogP contribution in [0.2, 0.25) is 0 Å². The average molecular weight is 594 g/mol. The number of Topliss-reactive ketones (excluding diaryl/α,β-unsaturated/α-hetero) is 2. The molecule has 2 fully saturated rings. The Morgan fingerprint density at radius 1 is 1.07 bits per heavy atom. The molecule has 2 atom stereocenters. The number of thiazole rings is 1. The van der Waals surface area contributed by atoms with Gasteiger partial charge in [-0.3, -0.25) is 19.3 Å². The molecule has 4 rings (SSSR count). The number of piperidine rings is 1. The lowest BCUT2D eigenvalue weighted by atomic mass is 9.81. The summed E-state index contributed by atoms with van der Waals surface area (Å²) in [5, 5.41) is 4.26. The molecular formula is C35H51N3O3S. The number of ketones is 2. The summed E-state index contributed by atoms with van der Waals surface area (Å²) in [4.78, 5) is 46.7. The minimum absolute atomic E-state index is 0.0623. The Bertz CT molecular complexity index is 1220. The third kappa shape index (κ3) is 9.31. The maximum atomic E-state index is 13.9. The highest BCUT2D eigenvalue weighted by molar-refractivity contribution is 7.18. The van der Waals surface area contributed by atoms with Gasteiger partial charge < -0.3 is 5.32 Å². The van der Waals surface area contributed by atoms with E-state index in [0.29, 0.717) is 49.6 Å². The van der Waals surface area contributed by atoms with Crippen molar-refractivity contribution in [3.05, 3.63) is 40.9 Å². The van der Waals surface area contributed by atoms with Crippen molar-refractivity contribution < 1.29 is 14.4 Å². The van der Waals surface area contributed by atoms with Crippen molar-refractivity contribution in [2.45, 2.75) is 116 Å². The van der Waals surface area contributed by atoms with E-state index >= 15 is 0 Å². The van der Waals surface area contributed by atoms with Gasteiger partial charge in [0.1, 0.15) is 5.78 Å². The zero-order chi connectivity index (χ0) is 30.1. The van der Waals surface area contributed by atoms with E-state index in [2.05, 4.69) is 48.8 Å². The molecule has 42 heavy (non-hydrogen) atoms. The first-order chi connectivity index (χ1) is 20.2. The van der Waals surface area contributed by atoms with Crippen LogP contribution in [0.5, 0.6) is 0 Å². The van der Waals surface area contributed by atoms with Crippen molar-refractivity contribution in [1.82, 2.24) is 15.2 Å². The van der Waals surface area contributed by atoms with Crippen molar-refractivity contribution in [2.24, 2.45) is 11.8 Å². The minimum Gasteiger partial charge on any atom is -0.353 e. The van der Waals surface area contributed by atoms with E-state index in [1.165, 1.54) is 31.2 Å². The molecule has 7 heteroatoms. The number of hydrogen-bond acceptors (Lipinski definition) is 6. The molecule has 2 heterocycles. The standard InChI is InChI=1S/C35H51N3O3S/c1-5-29(39)20-28(22-34-36-31-15-14-27(24(2)3)21-33(31)42-34)35(41)37-30(26-12-8-6-9-13-26)16-17-32(40)25(4)23-38-18-10-7-11-19-38/h14-15,21,24,26,28,30H,4-13,16-20,22-23H2,1-3H3,(H,37,41)/t28-,30+/m0/s1. The molecule has 0 bridgehead atoms. The van der Waals surface area contributed by atoms with Crippen LogP contribution in [-0.2, 0) is 20.8 Å². The number of carbonyl (C=O) groups is 3. The first-order valence-corrected chi connectivity index (χ1v) is 17.2. The lowest BCUT2D eigenvalue weighted by Crippen LogP contribution is -2.45. The molecule has 0 spiro atoms. The fourth-order valence-electron chi connectivity index (χ4n) is 6.52. The molecule has 1 aromatic heterocycles. The van der Waals surface area contributed by atoms with Crippen LogP contribution in [0, 0.1) is 11.8 Å². The highest BCUT2D eigenvalue weighted by Gasteiger charge is 2.30. The Labute approximate surface area is 256 Å². The molecule has 1 N–H and O–H groups in total. The predicted octanol–water partition coefficient (Wildman–Crippen LogP) is 7.40. The van der Waals surface area contributed by atoms with Gasteiger partial charge in [0.05, 0.1) is 21.1 Å². The van der Waals surface area contributed by atoms with Gasteiger partial charge in [0, 0.05) is 43.8 Å². The monoisotopic (exact) mass is 593 g/mol. The van der Waals surface area contributed by atoms with E-state index in [9.17, 15) is 14.4 Å². The number of likely N-dealkylation sites (tertiary alicyclic amines) is 1. The van der Waals surface area contributed by atoms with Gasteiger partial charge in [-0.05, 0) is 74.7 Å². The molecule has 1 aliphatic heterocycles. The van der Waals surface area contributed by atoms with E-state index in [0.717, 1.165) is 54.0 Å². The predicted molar refractivity (Wildman–Crippen MR) is 173 cm³/mol. The Balaban J connectivity index is 1.44. The first kappa shape index (κ1) is 32.5. The number of nitrogens with zero attached hydrogens (tertiary/aromatic N) is 2. The normalized spacial score (nSPS) is 18.2. The summed E-state index contributed by atoms with van der Waals surface area (Å²) < 4.78 is 1.13. The number of aromatic nitrogens is 1. The van der Waals surface area contributed by atoms with E-state index in [1.807, 2.05) is 6.92 Å². The van der Waals surface area contributed by atoms with E-state index < -0.39 is 5.92 Å². The fraction of sp³-hybridized carbons (Fsp3) is 0.657. The molecule has 0 radical (unpaired) electrons. The van der Waals surface area contributed by atoms with E-state index in [4.69, 9.17) is 4.98 Å². The van der Waals surface area contributed by atoms with Crippen LogP contribution < -0.4 is 5.32 Å². The fourth-order valence-corrected chi connectivity index (χ4v) is 7.62. The van der Waals surface area contributed by atoms with Gasteiger partial charge in [-0.2, -0.15) is 0 Å². The van der Waals surface area contributed by atoms with E-state index in [-0.39, 0.29) is 29.9 Å². The molecule has 6 nitrogen and oxygen atoms in total. The minimum atomic E-state index is -0.460. The third-order valence-electron chi connectivity index (χ3n) is 9.27. The summed E-state index contributed by atoms with van der Waals surface area (Å²) in [6.45, 7) is 13.1. The second-order valence-corrected chi connectivity index (χ2v) is 14.0. The zero-order valence-electron chi connectivity index (χ0n) is 26.1. The van der Waals surface area contributed by atoms with Crippen LogP contribution in [-0.4, -0.2) is 53.0 Å². The van der Waals surface area contributed by atoms with Crippen molar-refractivity contribution >= 4 is 39.0 Å². The first-order valence-electron chi connectivity index (χ1n) is 16.4. The highest BCUT2D eigenvalue weighted by atomic mass is 32.1. The molecule has 1 saturated carbocycles. The summed E-state index contributed by atoms with van der Waals surface area (Å²) in [5.41, 5.74) is 2.91. The maximum absolute atomic E-state index is 13.9. The second-order valence-electron chi connectivity index (χ2n) is 12.9. The van der Waals surface area contributed by atoms with Crippen molar-refractivity contribution in [2.75, 3.05) is 19.6 Å². The van der Waals surface area contributed by atoms with Crippen LogP contribution in [0.15, 0.2) is 30.4 Å². The van der Waals surface area contributed by atoms with Crippen LogP contribution in [0.1, 0.15) is 114 Å². The molecular weight excluding hydrogens is 542 g/mol. The Morgan fingerprint density at radius 2 is 1.79 bits per heavy atom. The lowest BCUT2D eigenvalue weighted by Gasteiger charge is -2.32. The molecule has 2 aromatic rings. The Kier molecular flexibility index (Phi) is 12.3. The number of hydrogen-bond donors (Lipinski definition) is 1. The smallest absolute Gasteiger partial charge is 0.224 e. The van der Waals surface area contributed by atoms with Gasteiger partial charge in [-0.1, -0.05) is 59.1 Å². The highest BCUT2D eigenvalue weighted by Crippen LogP contribution is 2.31. The Hall–Kier alpha value is -2.38. The maximum Gasteiger partial charge on any atom is 0.224 e. The van der Waals surface area contributed by atoms with Crippen molar-refractivity contribution in [1.29, 1.82) is 0 Å². The van der Waals surface area contributed by atoms with Gasteiger partial charge in [-0.15, -0.1) is 11.3 Å². The van der Waals surface area contributed by atoms with Gasteiger partial charge in [0.2, 0.25) is 5.91 Å². The molecule has 2 aliphatic rings. The number of fused-ring (bicyclic) bond motifs is 1. The summed E-state index contributed by atoms with van der Waals surface area (Å²) in [5.74, 6) is 0.476. The van der Waals surface area contributed by atoms with Crippen LogP contribution in [0.3, 0.4) is 0 Å². The average Bonchev–Trinajstić information content (AvgIpc) is 3.41. The lowest BCUT2D eigenvalue weighted by molar-refractivity contribution is -0.130. The van der Waals surface area contributed by atoms with Crippen molar-refractivity contribution in [3.63, 3.8) is 0 Å². The van der Waals surface area contributed by atoms with Crippen LogP contribution >= 0.6 is 11.3 Å². The molecule has 1 aliphatic carbocycles. The molecule has 230 valence electrons. The number of rotatable bonds is 15. The summed E-state index contributed by atoms with van der Waals surface area (Å²) >= 11 is 1.63. The third-order valence-corrected chi connectivity index (χ3v) is 10.3. The summed E-state index contributed by atoms with van der Waals surface area (Å²) in [6, 6.07) is 6.32. The molecule has 1 amide bonds. The van der Waals surface area contributed by atoms with Crippen LogP contribution in [0.25, 0.3) is 10.2 Å². The van der Waals surface area contributed by atoms with Gasteiger partial charge in [0.25, 0.3) is 0 Å². The van der Waals surface area contributed by atoms with Crippen molar-refractivity contribution in [3.8, 4) is 0 Å². The Morgan fingerprint density at radius 3 is 2.48 bits per heavy atom. The van der Waals surface area contributed by atoms with Gasteiger partial charge in [0.15, 0.2) is 5.78 Å².